The zero-order chi connectivity index (χ0) is 19.6. The highest BCUT2D eigenvalue weighted by atomic mass is 32.2. The van der Waals surface area contributed by atoms with Crippen molar-refractivity contribution in [1.29, 1.82) is 0 Å². The highest BCUT2D eigenvalue weighted by Gasteiger charge is 2.57. The molecular formula is C22H23NO4S. The normalized spacial score (nSPS) is 23.5. The van der Waals surface area contributed by atoms with Crippen LogP contribution in [0.5, 0.6) is 5.75 Å². The first kappa shape index (κ1) is 18.9. The zero-order valence-electron chi connectivity index (χ0n) is 15.8. The average molecular weight is 397 g/mol. The number of benzene rings is 2. The fraction of sp³-hybridized carbons (Fsp3) is 0.364. The van der Waals surface area contributed by atoms with Crippen LogP contribution in [-0.4, -0.2) is 41.8 Å². The summed E-state index contributed by atoms with van der Waals surface area (Å²) in [7, 11) is 0. The molecule has 146 valence electrons. The van der Waals surface area contributed by atoms with Crippen molar-refractivity contribution in [3.8, 4) is 5.75 Å². The van der Waals surface area contributed by atoms with E-state index in [9.17, 15) is 9.59 Å². The van der Waals surface area contributed by atoms with E-state index in [4.69, 9.17) is 9.47 Å². The van der Waals surface area contributed by atoms with Gasteiger partial charge in [-0.15, -0.1) is 11.8 Å². The van der Waals surface area contributed by atoms with Crippen LogP contribution in [0, 0.1) is 6.92 Å². The van der Waals surface area contributed by atoms with Crippen molar-refractivity contribution in [2.75, 3.05) is 19.0 Å². The Morgan fingerprint density at radius 3 is 2.79 bits per heavy atom. The first-order valence-corrected chi connectivity index (χ1v) is 10.5. The Morgan fingerprint density at radius 2 is 2.00 bits per heavy atom. The standard InChI is InChI=1S/C22H23NO4S/c1-16-6-5-9-18(14-16)26-12-13-27-21(25)19-15-28-22(11-10-20(24)23(19)22)17-7-3-2-4-8-17/h2-9,14,19H,10-13,15H2,1H3/t19-,22-/m0/s1. The van der Waals surface area contributed by atoms with E-state index < -0.39 is 10.9 Å². The molecule has 0 unspecified atom stereocenters. The molecule has 2 atom stereocenters. The van der Waals surface area contributed by atoms with Crippen LogP contribution in [0.3, 0.4) is 0 Å². The van der Waals surface area contributed by atoms with Crippen LogP contribution in [0.2, 0.25) is 0 Å². The molecule has 6 heteroatoms. The van der Waals surface area contributed by atoms with Gasteiger partial charge in [0.05, 0.1) is 0 Å². The second-order valence-corrected chi connectivity index (χ2v) is 8.37. The van der Waals surface area contributed by atoms with Gasteiger partial charge >= 0.3 is 5.97 Å². The molecule has 0 radical (unpaired) electrons. The van der Waals surface area contributed by atoms with E-state index >= 15 is 0 Å². The number of aryl methyl sites for hydroxylation is 1. The van der Waals surface area contributed by atoms with E-state index in [1.165, 1.54) is 0 Å². The quantitative estimate of drug-likeness (QED) is 0.552. The SMILES string of the molecule is Cc1cccc(OCCOC(=O)[C@@H]2CS[C@]3(c4ccccc4)CCC(=O)N23)c1. The predicted molar refractivity (Wildman–Crippen MR) is 108 cm³/mol. The van der Waals surface area contributed by atoms with Crippen LogP contribution in [0.1, 0.15) is 24.0 Å². The highest BCUT2D eigenvalue weighted by molar-refractivity contribution is 8.00. The van der Waals surface area contributed by atoms with Crippen LogP contribution < -0.4 is 4.74 Å². The summed E-state index contributed by atoms with van der Waals surface area (Å²) in [6, 6.07) is 17.2. The van der Waals surface area contributed by atoms with Crippen LogP contribution in [-0.2, 0) is 19.2 Å². The van der Waals surface area contributed by atoms with Gasteiger partial charge < -0.3 is 14.4 Å². The number of hydrogen-bond acceptors (Lipinski definition) is 5. The molecule has 0 aromatic heterocycles. The summed E-state index contributed by atoms with van der Waals surface area (Å²) < 4.78 is 11.1. The third kappa shape index (κ3) is 3.49. The molecule has 2 aliphatic rings. The minimum atomic E-state index is -0.542. The average Bonchev–Trinajstić information content (AvgIpc) is 3.25. The van der Waals surface area contributed by atoms with Crippen molar-refractivity contribution in [3.63, 3.8) is 0 Å². The smallest absolute Gasteiger partial charge is 0.329 e. The molecule has 5 nitrogen and oxygen atoms in total. The highest BCUT2D eigenvalue weighted by Crippen LogP contribution is 2.54. The van der Waals surface area contributed by atoms with Crippen LogP contribution >= 0.6 is 11.8 Å². The second-order valence-electron chi connectivity index (χ2n) is 7.07. The lowest BCUT2D eigenvalue weighted by Crippen LogP contribution is -2.46. The molecule has 2 heterocycles. The maximum Gasteiger partial charge on any atom is 0.329 e. The summed E-state index contributed by atoms with van der Waals surface area (Å²) in [5.74, 6) is 0.976. The number of ether oxygens (including phenoxy) is 2. The lowest BCUT2D eigenvalue weighted by Gasteiger charge is -2.33. The fourth-order valence-corrected chi connectivity index (χ4v) is 5.56. The summed E-state index contributed by atoms with van der Waals surface area (Å²) >= 11 is 1.66. The Kier molecular flexibility index (Phi) is 5.31. The van der Waals surface area contributed by atoms with Crippen molar-refractivity contribution in [2.45, 2.75) is 30.7 Å². The van der Waals surface area contributed by atoms with Crippen molar-refractivity contribution in [1.82, 2.24) is 4.90 Å². The lowest BCUT2D eigenvalue weighted by molar-refractivity contribution is -0.154. The summed E-state index contributed by atoms with van der Waals surface area (Å²) in [5.41, 5.74) is 2.19. The fourth-order valence-electron chi connectivity index (χ4n) is 3.92. The molecule has 0 aliphatic carbocycles. The molecule has 2 aromatic rings. The monoisotopic (exact) mass is 397 g/mol. The van der Waals surface area contributed by atoms with Crippen molar-refractivity contribution in [3.05, 3.63) is 65.7 Å². The molecule has 2 fully saturated rings. The van der Waals surface area contributed by atoms with Gasteiger partial charge in [0.2, 0.25) is 5.91 Å². The van der Waals surface area contributed by atoms with Crippen LogP contribution in [0.25, 0.3) is 0 Å². The van der Waals surface area contributed by atoms with E-state index in [2.05, 4.69) is 0 Å². The second kappa shape index (κ2) is 7.87. The number of hydrogen-bond donors (Lipinski definition) is 0. The molecule has 1 amide bonds. The van der Waals surface area contributed by atoms with Crippen molar-refractivity contribution in [2.24, 2.45) is 0 Å². The van der Waals surface area contributed by atoms with E-state index in [1.807, 2.05) is 61.5 Å². The van der Waals surface area contributed by atoms with Gasteiger partial charge in [0.15, 0.2) is 0 Å². The number of carbonyl (C=O) groups excluding carboxylic acids is 2. The van der Waals surface area contributed by atoms with Gasteiger partial charge in [0.1, 0.15) is 29.9 Å². The first-order chi connectivity index (χ1) is 13.6. The van der Waals surface area contributed by atoms with Crippen LogP contribution in [0.15, 0.2) is 54.6 Å². The van der Waals surface area contributed by atoms with Gasteiger partial charge in [-0.05, 0) is 36.6 Å². The molecule has 0 bridgehead atoms. The third-order valence-corrected chi connectivity index (χ3v) is 6.81. The van der Waals surface area contributed by atoms with E-state index in [0.717, 1.165) is 23.3 Å². The van der Waals surface area contributed by atoms with Crippen molar-refractivity contribution >= 4 is 23.6 Å². The summed E-state index contributed by atoms with van der Waals surface area (Å²) in [4.78, 5) is 26.6. The molecule has 2 aliphatic heterocycles. The molecule has 0 N–H and O–H groups in total. The van der Waals surface area contributed by atoms with Gasteiger partial charge in [-0.1, -0.05) is 42.5 Å². The molecular weight excluding hydrogens is 374 g/mol. The maximum absolute atomic E-state index is 12.7. The van der Waals surface area contributed by atoms with Gasteiger partial charge in [-0.2, -0.15) is 0 Å². The predicted octanol–water partition coefficient (Wildman–Crippen LogP) is 3.51. The van der Waals surface area contributed by atoms with Gasteiger partial charge in [-0.25, -0.2) is 4.79 Å². The molecule has 2 aromatic carbocycles. The van der Waals surface area contributed by atoms with E-state index in [-0.39, 0.29) is 25.1 Å². The zero-order valence-corrected chi connectivity index (χ0v) is 16.6. The largest absolute Gasteiger partial charge is 0.490 e. The van der Waals surface area contributed by atoms with Gasteiger partial charge in [0, 0.05) is 12.2 Å². The molecule has 0 saturated carbocycles. The summed E-state index contributed by atoms with van der Waals surface area (Å²) in [5, 5.41) is 0. The maximum atomic E-state index is 12.7. The number of rotatable bonds is 6. The number of esters is 1. The third-order valence-electron chi connectivity index (χ3n) is 5.21. The van der Waals surface area contributed by atoms with E-state index in [1.54, 1.807) is 16.7 Å². The number of carbonyl (C=O) groups is 2. The molecule has 28 heavy (non-hydrogen) atoms. The number of nitrogens with zero attached hydrogens (tertiary/aromatic N) is 1. The van der Waals surface area contributed by atoms with Crippen molar-refractivity contribution < 1.29 is 19.1 Å². The minimum Gasteiger partial charge on any atom is -0.490 e. The topological polar surface area (TPSA) is 55.8 Å². The molecule has 4 rings (SSSR count). The lowest BCUT2D eigenvalue weighted by atomic mass is 10.0. The van der Waals surface area contributed by atoms with Crippen LogP contribution in [0.4, 0.5) is 0 Å². The first-order valence-electron chi connectivity index (χ1n) is 9.48. The number of amides is 1. The Balaban J connectivity index is 1.38. The molecule has 0 spiro atoms. The minimum absolute atomic E-state index is 0.0202. The Hall–Kier alpha value is -2.47. The summed E-state index contributed by atoms with van der Waals surface area (Å²) in [6.45, 7) is 2.44. The molecule has 2 saturated heterocycles. The Labute approximate surface area is 169 Å². The Morgan fingerprint density at radius 1 is 1.18 bits per heavy atom. The number of thioether (sulfide) groups is 1. The number of fused-ring (bicyclic) bond motifs is 1. The van der Waals surface area contributed by atoms with Gasteiger partial charge in [0.25, 0.3) is 0 Å². The van der Waals surface area contributed by atoms with Gasteiger partial charge in [-0.3, -0.25) is 4.79 Å². The summed E-state index contributed by atoms with van der Waals surface area (Å²) in [6.07, 6.45) is 1.18. The Bertz CT molecular complexity index is 872. The van der Waals surface area contributed by atoms with E-state index in [0.29, 0.717) is 12.2 Å².